The van der Waals surface area contributed by atoms with Gasteiger partial charge in [-0.25, -0.2) is 19.4 Å². The molecule has 3 heterocycles. The Kier molecular flexibility index (Phi) is 7.31. The monoisotopic (exact) mass is 499 g/mol. The SMILES string of the molecule is Cc1ccc(-c2cc(OC(=O)NC(C)CN3CCN(c4ncccn4)CC3)cc(-n3cnnn3)c2)cc1. The number of aryl methyl sites for hydroxylation is 1. The molecule has 11 heteroatoms. The minimum absolute atomic E-state index is 0.0914. The van der Waals surface area contributed by atoms with Crippen molar-refractivity contribution in [3.05, 3.63) is 72.8 Å². The Morgan fingerprint density at radius 3 is 2.49 bits per heavy atom. The highest BCUT2D eigenvalue weighted by Gasteiger charge is 2.21. The van der Waals surface area contributed by atoms with Gasteiger partial charge in [0, 0.05) is 57.2 Å². The standard InChI is InChI=1S/C26H29N9O2/c1-19-4-6-21(7-5-19)22-14-23(35-18-29-31-32-35)16-24(15-22)37-26(36)30-20(2)17-33-10-12-34(13-11-33)25-27-8-3-9-28-25/h3-9,14-16,18,20H,10-13,17H2,1-2H3,(H,30,36). The van der Waals surface area contributed by atoms with Crippen molar-refractivity contribution in [3.63, 3.8) is 0 Å². The van der Waals surface area contributed by atoms with E-state index < -0.39 is 6.09 Å². The molecule has 1 aliphatic rings. The van der Waals surface area contributed by atoms with Crippen LogP contribution in [0.2, 0.25) is 0 Å². The average Bonchev–Trinajstić information content (AvgIpc) is 3.45. The van der Waals surface area contributed by atoms with Crippen molar-refractivity contribution in [1.29, 1.82) is 0 Å². The van der Waals surface area contributed by atoms with Gasteiger partial charge in [0.25, 0.3) is 0 Å². The largest absolute Gasteiger partial charge is 0.412 e. The fourth-order valence-electron chi connectivity index (χ4n) is 4.32. The molecule has 2 aromatic carbocycles. The number of ether oxygens (including phenoxy) is 1. The highest BCUT2D eigenvalue weighted by Crippen LogP contribution is 2.28. The van der Waals surface area contributed by atoms with Gasteiger partial charge in [0.1, 0.15) is 12.1 Å². The van der Waals surface area contributed by atoms with E-state index in [0.29, 0.717) is 11.4 Å². The minimum atomic E-state index is -0.507. The van der Waals surface area contributed by atoms with Crippen LogP contribution in [0.5, 0.6) is 5.75 Å². The van der Waals surface area contributed by atoms with Crippen molar-refractivity contribution in [2.75, 3.05) is 37.6 Å². The maximum Gasteiger partial charge on any atom is 0.412 e. The molecule has 0 bridgehead atoms. The summed E-state index contributed by atoms with van der Waals surface area (Å²) in [4.78, 5) is 25.9. The van der Waals surface area contributed by atoms with Gasteiger partial charge < -0.3 is 15.0 Å². The number of nitrogens with one attached hydrogen (secondary N) is 1. The van der Waals surface area contributed by atoms with Crippen LogP contribution < -0.4 is 15.0 Å². The smallest absolute Gasteiger partial charge is 0.410 e. The van der Waals surface area contributed by atoms with Crippen LogP contribution in [0, 0.1) is 6.92 Å². The first-order valence-corrected chi connectivity index (χ1v) is 12.2. The topological polar surface area (TPSA) is 114 Å². The molecule has 0 spiro atoms. The van der Waals surface area contributed by atoms with Crippen molar-refractivity contribution < 1.29 is 9.53 Å². The summed E-state index contributed by atoms with van der Waals surface area (Å²) < 4.78 is 7.23. The Hall–Kier alpha value is -4.38. The number of tetrazole rings is 1. The number of hydrogen-bond donors (Lipinski definition) is 1. The zero-order valence-electron chi connectivity index (χ0n) is 20.9. The van der Waals surface area contributed by atoms with Crippen LogP contribution in [0.15, 0.2) is 67.3 Å². The maximum atomic E-state index is 12.8. The average molecular weight is 500 g/mol. The summed E-state index contributed by atoms with van der Waals surface area (Å²) in [6, 6.07) is 15.4. The number of carbonyl (C=O) groups excluding carboxylic acids is 1. The zero-order chi connectivity index (χ0) is 25.6. The molecular weight excluding hydrogens is 470 g/mol. The van der Waals surface area contributed by atoms with Gasteiger partial charge in [0.15, 0.2) is 0 Å². The van der Waals surface area contributed by atoms with Crippen LogP contribution in [0.3, 0.4) is 0 Å². The van der Waals surface area contributed by atoms with Gasteiger partial charge in [-0.2, -0.15) is 0 Å². The minimum Gasteiger partial charge on any atom is -0.410 e. The van der Waals surface area contributed by atoms with Gasteiger partial charge in [0.05, 0.1) is 5.69 Å². The summed E-state index contributed by atoms with van der Waals surface area (Å²) in [6.07, 6.45) is 4.51. The summed E-state index contributed by atoms with van der Waals surface area (Å²) in [5, 5.41) is 14.4. The van der Waals surface area contributed by atoms with E-state index in [2.05, 4.69) is 40.6 Å². The number of aromatic nitrogens is 6. The normalized spacial score (nSPS) is 14.8. The predicted molar refractivity (Wildman–Crippen MR) is 139 cm³/mol. The number of carbonyl (C=O) groups is 1. The van der Waals surface area contributed by atoms with Crippen LogP contribution in [0.1, 0.15) is 12.5 Å². The molecule has 0 aliphatic carbocycles. The first kappa shape index (κ1) is 24.3. The second kappa shape index (κ2) is 11.1. The van der Waals surface area contributed by atoms with Crippen LogP contribution in [0.25, 0.3) is 16.8 Å². The van der Waals surface area contributed by atoms with Crippen LogP contribution in [0.4, 0.5) is 10.7 Å². The number of rotatable bonds is 7. The second-order valence-electron chi connectivity index (χ2n) is 9.11. The van der Waals surface area contributed by atoms with E-state index in [4.69, 9.17) is 4.74 Å². The first-order valence-electron chi connectivity index (χ1n) is 12.2. The highest BCUT2D eigenvalue weighted by molar-refractivity contribution is 5.74. The summed E-state index contributed by atoms with van der Waals surface area (Å²) >= 11 is 0. The fourth-order valence-corrected chi connectivity index (χ4v) is 4.32. The van der Waals surface area contributed by atoms with E-state index in [1.807, 2.05) is 56.3 Å². The zero-order valence-corrected chi connectivity index (χ0v) is 20.9. The van der Waals surface area contributed by atoms with Crippen molar-refractivity contribution in [2.24, 2.45) is 0 Å². The van der Waals surface area contributed by atoms with Gasteiger partial charge in [0.2, 0.25) is 5.95 Å². The lowest BCUT2D eigenvalue weighted by molar-refractivity contribution is 0.186. The van der Waals surface area contributed by atoms with Gasteiger partial charge >= 0.3 is 6.09 Å². The van der Waals surface area contributed by atoms with Crippen LogP contribution in [-0.2, 0) is 0 Å². The van der Waals surface area contributed by atoms with Crippen molar-refractivity contribution in [3.8, 4) is 22.6 Å². The number of benzene rings is 2. The number of amides is 1. The lowest BCUT2D eigenvalue weighted by Crippen LogP contribution is -2.51. The molecule has 1 saturated heterocycles. The van der Waals surface area contributed by atoms with Crippen molar-refractivity contribution in [2.45, 2.75) is 19.9 Å². The Bertz CT molecular complexity index is 1310. The fraction of sp³-hybridized carbons (Fsp3) is 0.308. The Morgan fingerprint density at radius 2 is 1.78 bits per heavy atom. The van der Waals surface area contributed by atoms with Crippen LogP contribution >= 0.6 is 0 Å². The quantitative estimate of drug-likeness (QED) is 0.410. The molecule has 11 nitrogen and oxygen atoms in total. The molecule has 2 aromatic heterocycles. The molecule has 1 amide bonds. The lowest BCUT2D eigenvalue weighted by Gasteiger charge is -2.35. The Balaban J connectivity index is 1.20. The third-order valence-electron chi connectivity index (χ3n) is 6.20. The van der Waals surface area contributed by atoms with E-state index in [9.17, 15) is 4.79 Å². The third kappa shape index (κ3) is 6.25. The lowest BCUT2D eigenvalue weighted by atomic mass is 10.0. The van der Waals surface area contributed by atoms with E-state index in [0.717, 1.165) is 49.8 Å². The predicted octanol–water partition coefficient (Wildman–Crippen LogP) is 2.73. The molecule has 190 valence electrons. The van der Waals surface area contributed by atoms with Crippen LogP contribution in [-0.4, -0.2) is 79.9 Å². The van der Waals surface area contributed by atoms with Gasteiger partial charge in [-0.05, 0) is 53.6 Å². The molecule has 4 aromatic rings. The number of anilines is 1. The van der Waals surface area contributed by atoms with E-state index in [-0.39, 0.29) is 6.04 Å². The van der Waals surface area contributed by atoms with Crippen molar-refractivity contribution >= 4 is 12.0 Å². The van der Waals surface area contributed by atoms with Gasteiger partial charge in [-0.1, -0.05) is 29.8 Å². The number of nitrogens with zero attached hydrogens (tertiary/aromatic N) is 8. The maximum absolute atomic E-state index is 12.8. The van der Waals surface area contributed by atoms with Gasteiger partial charge in [-0.3, -0.25) is 4.90 Å². The summed E-state index contributed by atoms with van der Waals surface area (Å²) in [5.74, 6) is 1.16. The summed E-state index contributed by atoms with van der Waals surface area (Å²) in [5.41, 5.74) is 3.75. The molecular formula is C26H29N9O2. The third-order valence-corrected chi connectivity index (χ3v) is 6.20. The Labute approximate surface area is 215 Å². The first-order chi connectivity index (χ1) is 18.0. The summed E-state index contributed by atoms with van der Waals surface area (Å²) in [6.45, 7) is 8.15. The van der Waals surface area contributed by atoms with Gasteiger partial charge in [-0.15, -0.1) is 5.10 Å². The summed E-state index contributed by atoms with van der Waals surface area (Å²) in [7, 11) is 0. The van der Waals surface area contributed by atoms with Crippen molar-refractivity contribution in [1.82, 2.24) is 40.4 Å². The molecule has 0 saturated carbocycles. The van der Waals surface area contributed by atoms with E-state index >= 15 is 0 Å². The van der Waals surface area contributed by atoms with E-state index in [1.165, 1.54) is 16.6 Å². The molecule has 37 heavy (non-hydrogen) atoms. The Morgan fingerprint density at radius 1 is 1.03 bits per heavy atom. The number of piperazine rings is 1. The molecule has 1 fully saturated rings. The number of hydrogen-bond acceptors (Lipinski definition) is 9. The van der Waals surface area contributed by atoms with E-state index in [1.54, 1.807) is 18.5 Å². The highest BCUT2D eigenvalue weighted by atomic mass is 16.6. The molecule has 0 radical (unpaired) electrons. The second-order valence-corrected chi connectivity index (χ2v) is 9.11. The molecule has 5 rings (SSSR count). The molecule has 1 N–H and O–H groups in total. The molecule has 1 unspecified atom stereocenters. The molecule has 1 atom stereocenters. The molecule has 1 aliphatic heterocycles.